The van der Waals surface area contributed by atoms with Gasteiger partial charge in [-0.1, -0.05) is 67.8 Å². The number of amides is 2. The fraction of sp³-hybridized carbons (Fsp3) is 0.355. The van der Waals surface area contributed by atoms with E-state index in [0.29, 0.717) is 5.56 Å². The van der Waals surface area contributed by atoms with Crippen molar-refractivity contribution in [2.24, 2.45) is 0 Å². The Bertz CT molecular complexity index is 1430. The van der Waals surface area contributed by atoms with Crippen LogP contribution in [0.3, 0.4) is 0 Å². The van der Waals surface area contributed by atoms with E-state index in [1.54, 1.807) is 0 Å². The van der Waals surface area contributed by atoms with Gasteiger partial charge in [0.15, 0.2) is 0 Å². The summed E-state index contributed by atoms with van der Waals surface area (Å²) >= 11 is 0. The molecule has 1 aliphatic rings. The zero-order chi connectivity index (χ0) is 29.4. The molecule has 1 atom stereocenters. The molecular formula is C31H35F2N3O4S. The van der Waals surface area contributed by atoms with E-state index in [1.807, 2.05) is 30.3 Å². The fourth-order valence-corrected chi connectivity index (χ4v) is 5.97. The molecule has 0 radical (unpaired) electrons. The Kier molecular flexibility index (Phi) is 10.1. The van der Waals surface area contributed by atoms with Crippen LogP contribution in [0.1, 0.15) is 43.2 Å². The molecule has 0 aromatic heterocycles. The molecule has 0 bridgehead atoms. The highest BCUT2D eigenvalue weighted by molar-refractivity contribution is 7.92. The summed E-state index contributed by atoms with van der Waals surface area (Å²) in [5, 5.41) is 3.12. The second-order valence-electron chi connectivity index (χ2n) is 10.4. The zero-order valence-corrected chi connectivity index (χ0v) is 23.8. The number of sulfonamides is 1. The van der Waals surface area contributed by atoms with Gasteiger partial charge in [0.1, 0.15) is 24.2 Å². The molecule has 218 valence electrons. The number of carbonyl (C=O) groups is 2. The highest BCUT2D eigenvalue weighted by atomic mass is 32.2. The molecule has 4 rings (SSSR count). The summed E-state index contributed by atoms with van der Waals surface area (Å²) in [5.74, 6) is -2.09. The lowest BCUT2D eigenvalue weighted by molar-refractivity contribution is -0.140. The molecule has 2 amide bonds. The Morgan fingerprint density at radius 2 is 1.56 bits per heavy atom. The number of nitrogens with zero attached hydrogens (tertiary/aromatic N) is 2. The van der Waals surface area contributed by atoms with Crippen LogP contribution in [0.15, 0.2) is 78.9 Å². The van der Waals surface area contributed by atoms with Crippen LogP contribution in [0.5, 0.6) is 0 Å². The van der Waals surface area contributed by atoms with Gasteiger partial charge in [-0.2, -0.15) is 0 Å². The highest BCUT2D eigenvalue weighted by Gasteiger charge is 2.34. The molecule has 0 heterocycles. The number of hydrogen-bond donors (Lipinski definition) is 1. The van der Waals surface area contributed by atoms with Crippen LogP contribution >= 0.6 is 0 Å². The maximum absolute atomic E-state index is 14.0. The van der Waals surface area contributed by atoms with E-state index in [0.717, 1.165) is 54.3 Å². The second kappa shape index (κ2) is 13.7. The first kappa shape index (κ1) is 30.2. The van der Waals surface area contributed by atoms with Crippen LogP contribution in [0.4, 0.5) is 14.5 Å². The molecule has 3 aromatic carbocycles. The van der Waals surface area contributed by atoms with E-state index in [-0.39, 0.29) is 30.6 Å². The van der Waals surface area contributed by atoms with E-state index in [4.69, 9.17) is 0 Å². The molecule has 1 fully saturated rings. The zero-order valence-electron chi connectivity index (χ0n) is 23.0. The lowest BCUT2D eigenvalue weighted by atomic mass is 9.94. The van der Waals surface area contributed by atoms with Crippen molar-refractivity contribution < 1.29 is 26.8 Å². The van der Waals surface area contributed by atoms with Crippen LogP contribution in [0.25, 0.3) is 0 Å². The standard InChI is InChI=1S/C31H35F2N3O4S/c1-41(39,40)36(28-14-8-11-26(33)20-28)22-30(37)35(21-24-15-17-25(32)18-16-24)29(19-23-9-4-2-5-10-23)31(38)34-27-12-6-3-7-13-27/h2,4-5,8-11,14-18,20,27,29H,3,6-7,12-13,19,21-22H2,1H3,(H,34,38)/t29-/m0/s1. The molecule has 0 saturated heterocycles. The first-order chi connectivity index (χ1) is 19.6. The van der Waals surface area contributed by atoms with E-state index >= 15 is 0 Å². The third-order valence-electron chi connectivity index (χ3n) is 7.26. The lowest BCUT2D eigenvalue weighted by Crippen LogP contribution is -2.55. The van der Waals surface area contributed by atoms with Crippen LogP contribution < -0.4 is 9.62 Å². The third-order valence-corrected chi connectivity index (χ3v) is 8.40. The molecule has 1 N–H and O–H groups in total. The smallest absolute Gasteiger partial charge is 0.244 e. The predicted octanol–water partition coefficient (Wildman–Crippen LogP) is 4.82. The fourth-order valence-electron chi connectivity index (χ4n) is 5.13. The summed E-state index contributed by atoms with van der Waals surface area (Å²) in [6.45, 7) is -0.707. The maximum atomic E-state index is 14.0. The molecule has 10 heteroatoms. The van der Waals surface area contributed by atoms with Gasteiger partial charge in [-0.25, -0.2) is 17.2 Å². The molecule has 41 heavy (non-hydrogen) atoms. The molecule has 3 aromatic rings. The average molecular weight is 584 g/mol. The van der Waals surface area contributed by atoms with Gasteiger partial charge >= 0.3 is 0 Å². The van der Waals surface area contributed by atoms with Crippen molar-refractivity contribution in [2.45, 2.75) is 57.2 Å². The number of halogens is 2. The molecule has 0 unspecified atom stereocenters. The topological polar surface area (TPSA) is 86.8 Å². The van der Waals surface area contributed by atoms with Crippen LogP contribution in [0, 0.1) is 11.6 Å². The lowest BCUT2D eigenvalue weighted by Gasteiger charge is -2.35. The molecule has 1 aliphatic carbocycles. The molecular weight excluding hydrogens is 548 g/mol. The van der Waals surface area contributed by atoms with Crippen molar-refractivity contribution in [3.8, 4) is 0 Å². The van der Waals surface area contributed by atoms with Gasteiger partial charge in [-0.15, -0.1) is 0 Å². The normalized spacial score (nSPS) is 14.7. The van der Waals surface area contributed by atoms with Gasteiger partial charge in [0, 0.05) is 19.0 Å². The van der Waals surface area contributed by atoms with Gasteiger partial charge in [0.2, 0.25) is 21.8 Å². The minimum Gasteiger partial charge on any atom is -0.352 e. The SMILES string of the molecule is CS(=O)(=O)N(CC(=O)N(Cc1ccc(F)cc1)[C@@H](Cc1ccccc1)C(=O)NC1CCCCC1)c1cccc(F)c1. The summed E-state index contributed by atoms with van der Waals surface area (Å²) in [6, 6.07) is 18.8. The first-order valence-corrected chi connectivity index (χ1v) is 15.6. The summed E-state index contributed by atoms with van der Waals surface area (Å²) in [6.07, 6.45) is 5.93. The van der Waals surface area contributed by atoms with Gasteiger partial charge in [0.25, 0.3) is 0 Å². The van der Waals surface area contributed by atoms with Gasteiger partial charge < -0.3 is 10.2 Å². The predicted molar refractivity (Wildman–Crippen MR) is 154 cm³/mol. The molecule has 7 nitrogen and oxygen atoms in total. The Labute approximate surface area is 240 Å². The molecule has 0 spiro atoms. The summed E-state index contributed by atoms with van der Waals surface area (Å²) in [7, 11) is -4.00. The monoisotopic (exact) mass is 583 g/mol. The Balaban J connectivity index is 1.71. The van der Waals surface area contributed by atoms with Crippen molar-refractivity contribution in [2.75, 3.05) is 17.1 Å². The third kappa shape index (κ3) is 8.60. The Hall–Kier alpha value is -3.79. The van der Waals surface area contributed by atoms with E-state index < -0.39 is 40.2 Å². The number of benzene rings is 3. The Morgan fingerprint density at radius 3 is 2.20 bits per heavy atom. The number of anilines is 1. The van der Waals surface area contributed by atoms with Gasteiger partial charge in [-0.05, 0) is 54.3 Å². The second-order valence-corrected chi connectivity index (χ2v) is 12.4. The highest BCUT2D eigenvalue weighted by Crippen LogP contribution is 2.22. The van der Waals surface area contributed by atoms with Gasteiger partial charge in [0.05, 0.1) is 11.9 Å². The Morgan fingerprint density at radius 1 is 0.878 bits per heavy atom. The quantitative estimate of drug-likeness (QED) is 0.351. The van der Waals surface area contributed by atoms with Crippen molar-refractivity contribution in [3.05, 3.63) is 102 Å². The summed E-state index contributed by atoms with van der Waals surface area (Å²) in [5.41, 5.74) is 1.38. The van der Waals surface area contributed by atoms with Crippen molar-refractivity contribution in [3.63, 3.8) is 0 Å². The maximum Gasteiger partial charge on any atom is 0.244 e. The number of hydrogen-bond acceptors (Lipinski definition) is 4. The van der Waals surface area contributed by atoms with E-state index in [9.17, 15) is 26.8 Å². The van der Waals surface area contributed by atoms with E-state index in [2.05, 4.69) is 5.32 Å². The molecule has 1 saturated carbocycles. The minimum absolute atomic E-state index is 0.00570. The van der Waals surface area contributed by atoms with Crippen molar-refractivity contribution in [1.82, 2.24) is 10.2 Å². The van der Waals surface area contributed by atoms with Crippen LogP contribution in [-0.2, 0) is 32.6 Å². The summed E-state index contributed by atoms with van der Waals surface area (Å²) in [4.78, 5) is 29.2. The number of carbonyl (C=O) groups excluding carboxylic acids is 2. The number of nitrogens with one attached hydrogen (secondary N) is 1. The average Bonchev–Trinajstić information content (AvgIpc) is 2.95. The number of rotatable bonds is 11. The van der Waals surface area contributed by atoms with Crippen molar-refractivity contribution in [1.29, 1.82) is 0 Å². The first-order valence-electron chi connectivity index (χ1n) is 13.7. The molecule has 0 aliphatic heterocycles. The van der Waals surface area contributed by atoms with Gasteiger partial charge in [-0.3, -0.25) is 13.9 Å². The van der Waals surface area contributed by atoms with Crippen molar-refractivity contribution >= 4 is 27.5 Å². The minimum atomic E-state index is -4.00. The van der Waals surface area contributed by atoms with Crippen LogP contribution in [0.2, 0.25) is 0 Å². The van der Waals surface area contributed by atoms with E-state index in [1.165, 1.54) is 47.4 Å². The largest absolute Gasteiger partial charge is 0.352 e. The van der Waals surface area contributed by atoms with Crippen LogP contribution in [-0.4, -0.2) is 50.0 Å². The summed E-state index contributed by atoms with van der Waals surface area (Å²) < 4.78 is 54.1.